The van der Waals surface area contributed by atoms with Gasteiger partial charge in [0.25, 0.3) is 5.91 Å². The topological polar surface area (TPSA) is 75.6 Å². The number of benzene rings is 2. The van der Waals surface area contributed by atoms with E-state index in [0.29, 0.717) is 31.0 Å². The van der Waals surface area contributed by atoms with Crippen LogP contribution in [0.5, 0.6) is 0 Å². The van der Waals surface area contributed by atoms with Gasteiger partial charge in [0, 0.05) is 15.3 Å². The Morgan fingerprint density at radius 3 is 2.50 bits per heavy atom. The number of carboxylic acids is 1. The number of aliphatic carboxylic acids is 1. The summed E-state index contributed by atoms with van der Waals surface area (Å²) in [5.41, 5.74) is 4.17. The molecule has 2 N–H and O–H groups in total. The summed E-state index contributed by atoms with van der Waals surface area (Å²) < 4.78 is 5.96. The van der Waals surface area contributed by atoms with Crippen molar-refractivity contribution in [3.05, 3.63) is 81.0 Å². The summed E-state index contributed by atoms with van der Waals surface area (Å²) in [7, 11) is 0. The first kappa shape index (κ1) is 26.0. The Morgan fingerprint density at radius 2 is 1.82 bits per heavy atom. The molecule has 0 radical (unpaired) electrons. The summed E-state index contributed by atoms with van der Waals surface area (Å²) in [5.74, 6) is -0.753. The second kappa shape index (κ2) is 12.7. The lowest BCUT2D eigenvalue weighted by atomic mass is 9.93. The molecule has 0 aliphatic carbocycles. The number of hydrogen-bond donors (Lipinski definition) is 2. The minimum Gasteiger partial charge on any atom is -0.480 e. The second-order valence-electron chi connectivity index (χ2n) is 8.05. The Hall–Kier alpha value is -2.61. The van der Waals surface area contributed by atoms with E-state index < -0.39 is 12.0 Å². The highest BCUT2D eigenvalue weighted by Crippen LogP contribution is 2.29. The minimum atomic E-state index is -1.02. The lowest BCUT2D eigenvalue weighted by Crippen LogP contribution is -2.41. The van der Waals surface area contributed by atoms with Gasteiger partial charge in [0.15, 0.2) is 0 Å². The molecular weight excluding hydrogens is 466 g/mol. The number of thioether (sulfide) groups is 1. The maximum Gasteiger partial charge on any atom is 0.326 e. The maximum atomic E-state index is 13.2. The average molecular weight is 498 g/mol. The van der Waals surface area contributed by atoms with Crippen LogP contribution in [0.4, 0.5) is 0 Å². The van der Waals surface area contributed by atoms with E-state index in [1.54, 1.807) is 29.2 Å². The van der Waals surface area contributed by atoms with Gasteiger partial charge in [0.1, 0.15) is 6.04 Å². The van der Waals surface area contributed by atoms with Crippen LogP contribution in [0.3, 0.4) is 0 Å². The Labute approximate surface area is 209 Å². The predicted octanol–water partition coefficient (Wildman–Crippen LogP) is 5.94. The van der Waals surface area contributed by atoms with Crippen molar-refractivity contribution >= 4 is 35.0 Å². The molecule has 3 aromatic rings. The normalized spacial score (nSPS) is 11.9. The molecule has 180 valence electrons. The fraction of sp³-hybridized carbons (Fsp3) is 0.333. The van der Waals surface area contributed by atoms with Crippen LogP contribution in [-0.2, 0) is 29.2 Å². The third-order valence-electron chi connectivity index (χ3n) is 5.56. The molecule has 0 saturated carbocycles. The van der Waals surface area contributed by atoms with Crippen LogP contribution in [0.1, 0.15) is 44.6 Å². The first-order valence-corrected chi connectivity index (χ1v) is 13.5. The molecule has 1 unspecified atom stereocenters. The van der Waals surface area contributed by atoms with Gasteiger partial charge in [-0.05, 0) is 78.3 Å². The molecule has 1 aromatic heterocycles. The van der Waals surface area contributed by atoms with Gasteiger partial charge >= 0.3 is 5.97 Å². The van der Waals surface area contributed by atoms with Crippen LogP contribution in [0.2, 0.25) is 0 Å². The Bertz CT molecular complexity index is 1130. The van der Waals surface area contributed by atoms with Crippen molar-refractivity contribution in [1.82, 2.24) is 5.32 Å². The molecule has 0 aliphatic heterocycles. The van der Waals surface area contributed by atoms with E-state index in [9.17, 15) is 14.7 Å². The van der Waals surface area contributed by atoms with Crippen LogP contribution < -0.4 is 5.32 Å². The average Bonchev–Trinajstić information content (AvgIpc) is 3.29. The smallest absolute Gasteiger partial charge is 0.326 e. The van der Waals surface area contributed by atoms with Crippen molar-refractivity contribution in [2.24, 2.45) is 0 Å². The zero-order chi connectivity index (χ0) is 24.5. The van der Waals surface area contributed by atoms with E-state index in [1.165, 1.54) is 9.75 Å². The van der Waals surface area contributed by atoms with Gasteiger partial charge in [-0.2, -0.15) is 11.8 Å². The number of rotatable bonds is 12. The number of ether oxygens (including phenoxy) is 1. The molecule has 0 bridgehead atoms. The number of nitrogens with one attached hydrogen (secondary N) is 1. The van der Waals surface area contributed by atoms with Crippen LogP contribution in [0.25, 0.3) is 11.1 Å². The van der Waals surface area contributed by atoms with Crippen molar-refractivity contribution in [2.45, 2.75) is 45.9 Å². The monoisotopic (exact) mass is 497 g/mol. The lowest BCUT2D eigenvalue weighted by molar-refractivity contribution is -0.139. The van der Waals surface area contributed by atoms with E-state index in [1.807, 2.05) is 49.6 Å². The van der Waals surface area contributed by atoms with Crippen molar-refractivity contribution in [2.75, 3.05) is 12.0 Å². The van der Waals surface area contributed by atoms with Gasteiger partial charge in [0.05, 0.1) is 13.2 Å². The van der Waals surface area contributed by atoms with Gasteiger partial charge in [-0.3, -0.25) is 4.79 Å². The van der Waals surface area contributed by atoms with Gasteiger partial charge in [-0.1, -0.05) is 37.3 Å². The van der Waals surface area contributed by atoms with Crippen LogP contribution in [-0.4, -0.2) is 35.0 Å². The molecule has 2 aromatic carbocycles. The molecule has 3 rings (SSSR count). The number of carbonyl (C=O) groups is 2. The van der Waals surface area contributed by atoms with Gasteiger partial charge < -0.3 is 15.2 Å². The summed E-state index contributed by atoms with van der Waals surface area (Å²) >= 11 is 3.32. The molecule has 0 fully saturated rings. The van der Waals surface area contributed by atoms with Crippen molar-refractivity contribution < 1.29 is 19.4 Å². The standard InChI is InChI=1S/C27H31NO4S2/c1-4-20-10-11-21(34-20)17-32-16-19-9-12-23(24(15-19)22-8-6-5-7-18(22)2)26(29)28-25(27(30)31)13-14-33-3/h5-12,15,25H,4,13-14,16-17H2,1-3H3,(H,28,29)(H,30,31). The third-order valence-corrected chi connectivity index (χ3v) is 7.40. The molecule has 0 spiro atoms. The number of hydrogen-bond acceptors (Lipinski definition) is 5. The molecule has 5 nitrogen and oxygen atoms in total. The lowest BCUT2D eigenvalue weighted by Gasteiger charge is -2.17. The van der Waals surface area contributed by atoms with Crippen LogP contribution in [0, 0.1) is 6.92 Å². The van der Waals surface area contributed by atoms with Crippen molar-refractivity contribution in [1.29, 1.82) is 0 Å². The number of carboxylic acid groups (broad SMARTS) is 1. The Balaban J connectivity index is 1.83. The number of aryl methyl sites for hydroxylation is 2. The third kappa shape index (κ3) is 6.95. The van der Waals surface area contributed by atoms with Gasteiger partial charge in [-0.15, -0.1) is 11.3 Å². The SMILES string of the molecule is CCc1ccc(COCc2ccc(C(=O)NC(CCSC)C(=O)O)c(-c3ccccc3C)c2)s1. The number of amides is 1. The quantitative estimate of drug-likeness (QED) is 0.324. The molecule has 34 heavy (non-hydrogen) atoms. The Kier molecular flexibility index (Phi) is 9.74. The molecule has 0 aliphatic rings. The van der Waals surface area contributed by atoms with E-state index >= 15 is 0 Å². The summed E-state index contributed by atoms with van der Waals surface area (Å²) in [5, 5.41) is 12.2. The van der Waals surface area contributed by atoms with E-state index in [4.69, 9.17) is 4.74 Å². The van der Waals surface area contributed by atoms with Crippen molar-refractivity contribution in [3.8, 4) is 11.1 Å². The summed E-state index contributed by atoms with van der Waals surface area (Å²) in [6.07, 6.45) is 3.31. The summed E-state index contributed by atoms with van der Waals surface area (Å²) in [4.78, 5) is 27.3. The highest BCUT2D eigenvalue weighted by atomic mass is 32.2. The molecular formula is C27H31NO4S2. The summed E-state index contributed by atoms with van der Waals surface area (Å²) in [6, 6.07) is 16.8. The van der Waals surface area contributed by atoms with Crippen LogP contribution in [0.15, 0.2) is 54.6 Å². The predicted molar refractivity (Wildman–Crippen MR) is 141 cm³/mol. The minimum absolute atomic E-state index is 0.371. The van der Waals surface area contributed by atoms with Crippen molar-refractivity contribution in [3.63, 3.8) is 0 Å². The zero-order valence-electron chi connectivity index (χ0n) is 19.8. The molecule has 1 heterocycles. The fourth-order valence-electron chi connectivity index (χ4n) is 3.67. The van der Waals surface area contributed by atoms with E-state index in [-0.39, 0.29) is 5.91 Å². The highest BCUT2D eigenvalue weighted by Gasteiger charge is 2.22. The first-order chi connectivity index (χ1) is 16.4. The highest BCUT2D eigenvalue weighted by molar-refractivity contribution is 7.98. The second-order valence-corrected chi connectivity index (χ2v) is 10.3. The zero-order valence-corrected chi connectivity index (χ0v) is 21.4. The van der Waals surface area contributed by atoms with Gasteiger partial charge in [-0.25, -0.2) is 4.79 Å². The van der Waals surface area contributed by atoms with E-state index in [0.717, 1.165) is 28.7 Å². The molecule has 7 heteroatoms. The molecule has 0 saturated heterocycles. The Morgan fingerprint density at radius 1 is 1.06 bits per heavy atom. The van der Waals surface area contributed by atoms with Gasteiger partial charge in [0.2, 0.25) is 0 Å². The first-order valence-electron chi connectivity index (χ1n) is 11.3. The number of thiophene rings is 1. The van der Waals surface area contributed by atoms with E-state index in [2.05, 4.69) is 24.4 Å². The fourth-order valence-corrected chi connectivity index (χ4v) is 5.03. The van der Waals surface area contributed by atoms with Crippen LogP contribution >= 0.6 is 23.1 Å². The number of carbonyl (C=O) groups excluding carboxylic acids is 1. The largest absolute Gasteiger partial charge is 0.480 e. The maximum absolute atomic E-state index is 13.2. The molecule has 1 atom stereocenters. The summed E-state index contributed by atoms with van der Waals surface area (Å²) in [6.45, 7) is 5.11. The molecule has 1 amide bonds.